The van der Waals surface area contributed by atoms with Crippen molar-refractivity contribution in [2.45, 2.75) is 51.9 Å². The minimum absolute atomic E-state index is 0. The number of aryl methyl sites for hydroxylation is 1. The summed E-state index contributed by atoms with van der Waals surface area (Å²) < 4.78 is 0. The number of carboxylic acid groups (broad SMARTS) is 2. The molecule has 0 saturated carbocycles. The number of aromatic carboxylic acids is 2. The summed E-state index contributed by atoms with van der Waals surface area (Å²) in [5, 5.41) is 47.2. The minimum atomic E-state index is -1.18. The molecule has 0 aliphatic carbocycles. The number of hydrogen-bond donors (Lipinski definition) is 3. The fourth-order valence-corrected chi connectivity index (χ4v) is 3.06. The number of phenols is 1. The van der Waals surface area contributed by atoms with Crippen molar-refractivity contribution < 1.29 is 54.6 Å². The monoisotopic (exact) mass is 544 g/mol. The molecule has 0 heterocycles. The van der Waals surface area contributed by atoms with Crippen molar-refractivity contribution in [1.82, 2.24) is 0 Å². The normalized spacial score (nSPS) is 9.47. The number of rotatable bonds is 9. The molecule has 3 N–H and O–H groups in total. The van der Waals surface area contributed by atoms with Crippen LogP contribution in [0.5, 0.6) is 17.2 Å². The fraction of sp³-hybridized carbons (Fsp3) is 0.286. The maximum Gasteiger partial charge on any atom is 2.00 e. The van der Waals surface area contributed by atoms with Gasteiger partial charge in [0.15, 0.2) is 0 Å². The van der Waals surface area contributed by atoms with Crippen molar-refractivity contribution in [2.75, 3.05) is 0 Å². The van der Waals surface area contributed by atoms with Crippen LogP contribution >= 0.6 is 0 Å². The molecule has 3 aromatic rings. The predicted octanol–water partition coefficient (Wildman–Crippen LogP) is 5.21. The van der Waals surface area contributed by atoms with Crippen LogP contribution in [0.2, 0.25) is 0 Å². The molecule has 0 spiro atoms. The molecule has 0 bridgehead atoms. The zero-order chi connectivity index (χ0) is 26.1. The first kappa shape index (κ1) is 32.6. The van der Waals surface area contributed by atoms with Gasteiger partial charge >= 0.3 is 31.4 Å². The number of para-hydroxylation sites is 2. The Morgan fingerprint density at radius 1 is 0.667 bits per heavy atom. The van der Waals surface area contributed by atoms with E-state index in [0.29, 0.717) is 5.75 Å². The molecular weight excluding hydrogens is 514 g/mol. The molecule has 3 rings (SSSR count). The van der Waals surface area contributed by atoms with Crippen LogP contribution in [0.1, 0.15) is 71.7 Å². The maximum absolute atomic E-state index is 10.7. The molecule has 188 valence electrons. The Hall–Kier alpha value is -3.38. The Balaban J connectivity index is 0.000000519. The van der Waals surface area contributed by atoms with Gasteiger partial charge in [0.25, 0.3) is 0 Å². The van der Waals surface area contributed by atoms with E-state index in [9.17, 15) is 19.8 Å². The summed E-state index contributed by atoms with van der Waals surface area (Å²) in [6, 6.07) is 18.6. The summed E-state index contributed by atoms with van der Waals surface area (Å²) in [5.41, 5.74) is 0.980. The summed E-state index contributed by atoms with van der Waals surface area (Å²) in [7, 11) is 0. The van der Waals surface area contributed by atoms with Crippen molar-refractivity contribution in [3.8, 4) is 17.2 Å². The Labute approximate surface area is 224 Å². The van der Waals surface area contributed by atoms with Gasteiger partial charge in [-0.1, -0.05) is 99.1 Å². The van der Waals surface area contributed by atoms with Crippen LogP contribution < -0.4 is 10.2 Å². The maximum atomic E-state index is 10.7. The Bertz CT molecular complexity index is 981. The third kappa shape index (κ3) is 13.5. The fourth-order valence-electron chi connectivity index (χ4n) is 3.06. The van der Waals surface area contributed by atoms with Crippen LogP contribution in [0, 0.1) is 0 Å². The van der Waals surface area contributed by atoms with E-state index in [1.165, 1.54) is 92.6 Å². The van der Waals surface area contributed by atoms with Crippen LogP contribution in [0.15, 0.2) is 72.8 Å². The Morgan fingerprint density at radius 3 is 1.47 bits per heavy atom. The van der Waals surface area contributed by atoms with Crippen molar-refractivity contribution in [2.24, 2.45) is 0 Å². The minimum Gasteiger partial charge on any atom is -0.872 e. The van der Waals surface area contributed by atoms with Crippen LogP contribution in [0.3, 0.4) is 0 Å². The first-order valence-corrected chi connectivity index (χ1v) is 11.5. The number of hydrogen-bond acceptors (Lipinski definition) is 5. The van der Waals surface area contributed by atoms with E-state index >= 15 is 0 Å². The second-order valence-electron chi connectivity index (χ2n) is 7.79. The third-order valence-electron chi connectivity index (χ3n) is 4.99. The summed E-state index contributed by atoms with van der Waals surface area (Å²) >= 11 is 0. The molecule has 7 nitrogen and oxygen atoms in total. The molecule has 3 aromatic carbocycles. The average molecular weight is 546 g/mol. The van der Waals surface area contributed by atoms with Gasteiger partial charge in [0.2, 0.25) is 0 Å². The quantitative estimate of drug-likeness (QED) is 0.247. The molecule has 0 saturated heterocycles. The van der Waals surface area contributed by atoms with Gasteiger partial charge in [0, 0.05) is 0 Å². The summed E-state index contributed by atoms with van der Waals surface area (Å²) in [4.78, 5) is 20.4. The van der Waals surface area contributed by atoms with Crippen LogP contribution in [-0.2, 0) is 25.9 Å². The average Bonchev–Trinajstić information content (AvgIpc) is 2.83. The number of phenolic OH excluding ortho intramolecular Hbond substituents is 1. The standard InChI is InChI=1S/C14H22O.2C7H6O3.Zn/c1-2-3-4-5-6-7-8-13-9-11-14(15)12-10-13;2*8-6-4-2-1-3-5(6)7(9)10;/h9-12,15H,2-8H2,1H3;2*1-4,8H,(H,9,10);/q;;;+2/p-2. The second-order valence-corrected chi connectivity index (χ2v) is 7.79. The Morgan fingerprint density at radius 2 is 1.08 bits per heavy atom. The molecule has 0 fully saturated rings. The summed E-state index contributed by atoms with van der Waals surface area (Å²) in [6.45, 7) is 2.25. The number of aromatic hydroxyl groups is 1. The van der Waals surface area contributed by atoms with E-state index < -0.39 is 23.4 Å². The van der Waals surface area contributed by atoms with E-state index in [4.69, 9.17) is 15.3 Å². The molecule has 0 unspecified atom stereocenters. The number of unbranched alkanes of at least 4 members (excludes halogenated alkanes) is 5. The van der Waals surface area contributed by atoms with Crippen molar-refractivity contribution >= 4 is 11.9 Å². The van der Waals surface area contributed by atoms with Crippen molar-refractivity contribution in [3.63, 3.8) is 0 Å². The van der Waals surface area contributed by atoms with Gasteiger partial charge < -0.3 is 25.5 Å². The van der Waals surface area contributed by atoms with Crippen molar-refractivity contribution in [1.29, 1.82) is 0 Å². The SMILES string of the molecule is CCCCCCCCc1ccc(O)cc1.O=C(O)c1ccccc1[O-].O=C(O)c1ccccc1[O-].[Zn+2]. The van der Waals surface area contributed by atoms with Gasteiger partial charge in [-0.3, -0.25) is 0 Å². The van der Waals surface area contributed by atoms with E-state index in [1.54, 1.807) is 12.1 Å². The second kappa shape index (κ2) is 18.9. The van der Waals surface area contributed by atoms with Crippen LogP contribution in [0.4, 0.5) is 0 Å². The first-order valence-electron chi connectivity index (χ1n) is 11.5. The van der Waals surface area contributed by atoms with E-state index in [2.05, 4.69) is 6.92 Å². The van der Waals surface area contributed by atoms with Gasteiger partial charge in [-0.25, -0.2) is 9.59 Å². The number of carbonyl (C=O) groups is 2. The number of benzene rings is 3. The third-order valence-corrected chi connectivity index (χ3v) is 4.99. The Kier molecular flexibility index (Phi) is 17.1. The van der Waals surface area contributed by atoms with Gasteiger partial charge in [-0.15, -0.1) is 0 Å². The summed E-state index contributed by atoms with van der Waals surface area (Å²) in [6.07, 6.45) is 9.19. The molecule has 36 heavy (non-hydrogen) atoms. The van der Waals surface area contributed by atoms with E-state index in [0.717, 1.165) is 6.42 Å². The molecule has 0 aliphatic rings. The topological polar surface area (TPSA) is 141 Å². The van der Waals surface area contributed by atoms with Gasteiger partial charge in [0.1, 0.15) is 5.75 Å². The van der Waals surface area contributed by atoms with Crippen molar-refractivity contribution in [3.05, 3.63) is 89.5 Å². The molecule has 0 aromatic heterocycles. The van der Waals surface area contributed by atoms with Gasteiger partial charge in [-0.2, -0.15) is 0 Å². The van der Waals surface area contributed by atoms with Gasteiger partial charge in [-0.05, 0) is 42.7 Å². The largest absolute Gasteiger partial charge is 2.00 e. The zero-order valence-electron chi connectivity index (χ0n) is 20.6. The molecule has 0 radical (unpaired) electrons. The first-order chi connectivity index (χ1) is 16.8. The molecule has 8 heteroatoms. The van der Waals surface area contributed by atoms with Crippen LogP contribution in [0.25, 0.3) is 0 Å². The predicted molar refractivity (Wildman–Crippen MR) is 131 cm³/mol. The molecule has 0 aliphatic heterocycles. The molecule has 0 atom stereocenters. The van der Waals surface area contributed by atoms with E-state index in [-0.39, 0.29) is 30.6 Å². The molecule has 0 amide bonds. The van der Waals surface area contributed by atoms with Gasteiger partial charge in [0.05, 0.1) is 11.1 Å². The zero-order valence-corrected chi connectivity index (χ0v) is 23.5. The number of carboxylic acids is 2. The van der Waals surface area contributed by atoms with Crippen LogP contribution in [-0.4, -0.2) is 27.3 Å². The summed E-state index contributed by atoms with van der Waals surface area (Å²) in [5.74, 6) is -2.89. The smallest absolute Gasteiger partial charge is 0.872 e. The van der Waals surface area contributed by atoms with E-state index in [1.807, 2.05) is 12.1 Å². The molecular formula is C28H32O7Zn.